The lowest BCUT2D eigenvalue weighted by atomic mass is 9.86. The van der Waals surface area contributed by atoms with Gasteiger partial charge in [0.1, 0.15) is 32.3 Å². The highest BCUT2D eigenvalue weighted by Gasteiger charge is 2.40. The Morgan fingerprint density at radius 3 is 2.88 bits per heavy atom. The maximum absolute atomic E-state index is 5.72. The standard InChI is InChI=1S/C11H13BN2O2/c12-8-1-2-9-7(3-8)4-11(5-15-9)6-16-10(13)14-11/h1-3H,4-6,12H2,(H2,13,14). The number of hydrogen-bond acceptors (Lipinski definition) is 4. The van der Waals surface area contributed by atoms with Gasteiger partial charge in [-0.2, -0.15) is 0 Å². The maximum atomic E-state index is 5.72. The zero-order chi connectivity index (χ0) is 11.2. The van der Waals surface area contributed by atoms with Crippen molar-refractivity contribution in [3.05, 3.63) is 23.8 Å². The first-order valence-electron chi connectivity index (χ1n) is 5.37. The van der Waals surface area contributed by atoms with Crippen LogP contribution in [-0.4, -0.2) is 32.6 Å². The van der Waals surface area contributed by atoms with E-state index < -0.39 is 0 Å². The first-order chi connectivity index (χ1) is 7.67. The molecular weight excluding hydrogens is 203 g/mol. The molecule has 1 atom stereocenters. The molecule has 0 fully saturated rings. The maximum Gasteiger partial charge on any atom is 0.282 e. The van der Waals surface area contributed by atoms with E-state index in [1.807, 2.05) is 6.07 Å². The van der Waals surface area contributed by atoms with Crippen LogP contribution in [-0.2, 0) is 11.2 Å². The lowest BCUT2D eigenvalue weighted by Gasteiger charge is -2.30. The van der Waals surface area contributed by atoms with Gasteiger partial charge in [0.05, 0.1) is 0 Å². The number of hydrogen-bond donors (Lipinski definition) is 1. The van der Waals surface area contributed by atoms with Gasteiger partial charge in [-0.3, -0.25) is 0 Å². The average Bonchev–Trinajstić information content (AvgIpc) is 2.59. The summed E-state index contributed by atoms with van der Waals surface area (Å²) in [6, 6.07) is 6.49. The van der Waals surface area contributed by atoms with Crippen LogP contribution in [0.3, 0.4) is 0 Å². The number of rotatable bonds is 0. The molecule has 1 unspecified atom stereocenters. The van der Waals surface area contributed by atoms with Crippen molar-refractivity contribution in [3.8, 4) is 5.75 Å². The number of benzene rings is 1. The number of amidine groups is 1. The minimum Gasteiger partial charge on any atom is -0.491 e. The van der Waals surface area contributed by atoms with Gasteiger partial charge in [0, 0.05) is 6.42 Å². The fourth-order valence-corrected chi connectivity index (χ4v) is 2.28. The number of ether oxygens (including phenoxy) is 2. The third kappa shape index (κ3) is 1.43. The Balaban J connectivity index is 1.97. The van der Waals surface area contributed by atoms with Gasteiger partial charge < -0.3 is 15.2 Å². The van der Waals surface area contributed by atoms with Crippen molar-refractivity contribution in [1.29, 1.82) is 0 Å². The Morgan fingerprint density at radius 1 is 1.31 bits per heavy atom. The molecule has 0 saturated carbocycles. The topological polar surface area (TPSA) is 56.8 Å². The third-order valence-electron chi connectivity index (χ3n) is 3.07. The van der Waals surface area contributed by atoms with Crippen molar-refractivity contribution in [3.63, 3.8) is 0 Å². The Labute approximate surface area is 94.9 Å². The minimum atomic E-state index is -0.301. The van der Waals surface area contributed by atoms with E-state index in [4.69, 9.17) is 15.2 Å². The normalized spacial score (nSPS) is 26.9. The first-order valence-corrected chi connectivity index (χ1v) is 5.37. The van der Waals surface area contributed by atoms with Gasteiger partial charge in [-0.15, -0.1) is 0 Å². The van der Waals surface area contributed by atoms with Crippen molar-refractivity contribution in [2.45, 2.75) is 12.0 Å². The molecule has 0 bridgehead atoms. The summed E-state index contributed by atoms with van der Waals surface area (Å²) in [5.74, 6) is 0.955. The summed E-state index contributed by atoms with van der Waals surface area (Å²) in [5.41, 5.74) is 7.68. The van der Waals surface area contributed by atoms with E-state index in [0.717, 1.165) is 12.2 Å². The Bertz CT molecular complexity index is 475. The molecule has 0 aliphatic carbocycles. The van der Waals surface area contributed by atoms with E-state index in [9.17, 15) is 0 Å². The lowest BCUT2D eigenvalue weighted by Crippen LogP contribution is -2.41. The highest BCUT2D eigenvalue weighted by molar-refractivity contribution is 6.32. The Kier molecular flexibility index (Phi) is 1.90. The Hall–Kier alpha value is -1.65. The molecule has 16 heavy (non-hydrogen) atoms. The van der Waals surface area contributed by atoms with Gasteiger partial charge in [-0.25, -0.2) is 4.99 Å². The first kappa shape index (κ1) is 9.57. The smallest absolute Gasteiger partial charge is 0.282 e. The van der Waals surface area contributed by atoms with Crippen LogP contribution in [0, 0.1) is 0 Å². The van der Waals surface area contributed by atoms with E-state index in [-0.39, 0.29) is 11.6 Å². The van der Waals surface area contributed by atoms with Crippen LogP contribution in [0.4, 0.5) is 0 Å². The molecule has 1 spiro atoms. The van der Waals surface area contributed by atoms with E-state index in [1.54, 1.807) is 0 Å². The molecule has 1 aromatic carbocycles. The summed E-state index contributed by atoms with van der Waals surface area (Å²) >= 11 is 0. The number of fused-ring (bicyclic) bond motifs is 1. The molecule has 82 valence electrons. The summed E-state index contributed by atoms with van der Waals surface area (Å²) < 4.78 is 11.0. The summed E-state index contributed by atoms with van der Waals surface area (Å²) in [5, 5.41) is 0. The molecule has 2 aliphatic heterocycles. The van der Waals surface area contributed by atoms with Gasteiger partial charge in [-0.05, 0) is 11.6 Å². The molecule has 1 aromatic rings. The average molecular weight is 216 g/mol. The fraction of sp³-hybridized carbons (Fsp3) is 0.364. The number of nitrogens with two attached hydrogens (primary N) is 1. The van der Waals surface area contributed by atoms with E-state index in [2.05, 4.69) is 25.0 Å². The van der Waals surface area contributed by atoms with Crippen molar-refractivity contribution < 1.29 is 9.47 Å². The lowest BCUT2D eigenvalue weighted by molar-refractivity contribution is 0.153. The monoisotopic (exact) mass is 216 g/mol. The molecule has 2 heterocycles. The molecule has 0 saturated heterocycles. The highest BCUT2D eigenvalue weighted by Crippen LogP contribution is 2.33. The summed E-state index contributed by atoms with van der Waals surface area (Å²) in [4.78, 5) is 4.36. The van der Waals surface area contributed by atoms with Crippen LogP contribution in [0.1, 0.15) is 5.56 Å². The van der Waals surface area contributed by atoms with Crippen LogP contribution in [0.5, 0.6) is 5.75 Å². The predicted molar refractivity (Wildman–Crippen MR) is 64.1 cm³/mol. The molecule has 3 rings (SSSR count). The molecular formula is C11H13BN2O2. The molecule has 2 N–H and O–H groups in total. The van der Waals surface area contributed by atoms with Crippen molar-refractivity contribution in [2.24, 2.45) is 10.7 Å². The largest absolute Gasteiger partial charge is 0.491 e. The molecule has 2 aliphatic rings. The van der Waals surface area contributed by atoms with Gasteiger partial charge in [0.2, 0.25) is 0 Å². The molecule has 0 amide bonds. The zero-order valence-corrected chi connectivity index (χ0v) is 9.19. The van der Waals surface area contributed by atoms with Gasteiger partial charge in [0.15, 0.2) is 0 Å². The van der Waals surface area contributed by atoms with Crippen molar-refractivity contribution in [1.82, 2.24) is 0 Å². The Morgan fingerprint density at radius 2 is 2.12 bits per heavy atom. The number of aliphatic imine (C=N–C) groups is 1. The van der Waals surface area contributed by atoms with E-state index in [0.29, 0.717) is 13.2 Å². The van der Waals surface area contributed by atoms with Crippen LogP contribution in [0.2, 0.25) is 0 Å². The second kappa shape index (κ2) is 3.17. The molecule has 0 aromatic heterocycles. The predicted octanol–water partition coefficient (Wildman–Crippen LogP) is -1.04. The van der Waals surface area contributed by atoms with E-state index >= 15 is 0 Å². The molecule has 5 heteroatoms. The minimum absolute atomic E-state index is 0.278. The number of nitrogens with zero attached hydrogens (tertiary/aromatic N) is 1. The second-order valence-electron chi connectivity index (χ2n) is 4.54. The summed E-state index contributed by atoms with van der Waals surface area (Å²) in [6.45, 7) is 1.07. The third-order valence-corrected chi connectivity index (χ3v) is 3.07. The van der Waals surface area contributed by atoms with Crippen LogP contribution < -0.4 is 15.9 Å². The van der Waals surface area contributed by atoms with Crippen LogP contribution in [0.25, 0.3) is 0 Å². The van der Waals surface area contributed by atoms with E-state index in [1.165, 1.54) is 11.0 Å². The van der Waals surface area contributed by atoms with Gasteiger partial charge in [0.25, 0.3) is 6.02 Å². The van der Waals surface area contributed by atoms with Gasteiger partial charge in [-0.1, -0.05) is 17.6 Å². The summed E-state index contributed by atoms with van der Waals surface area (Å²) in [7, 11) is 2.07. The van der Waals surface area contributed by atoms with Crippen molar-refractivity contribution in [2.75, 3.05) is 13.2 Å². The molecule has 0 radical (unpaired) electrons. The van der Waals surface area contributed by atoms with Gasteiger partial charge >= 0.3 is 0 Å². The highest BCUT2D eigenvalue weighted by atomic mass is 16.5. The quantitative estimate of drug-likeness (QED) is 0.564. The van der Waals surface area contributed by atoms with Crippen molar-refractivity contribution >= 4 is 19.3 Å². The second-order valence-corrected chi connectivity index (χ2v) is 4.54. The fourth-order valence-electron chi connectivity index (χ4n) is 2.28. The summed E-state index contributed by atoms with van der Waals surface area (Å²) in [6.07, 6.45) is 0.838. The zero-order valence-electron chi connectivity index (χ0n) is 9.19. The SMILES string of the molecule is Bc1ccc2c(c1)CC1(COC(N)=N1)CO2. The van der Waals surface area contributed by atoms with Crippen LogP contribution in [0.15, 0.2) is 23.2 Å². The molecule has 4 nitrogen and oxygen atoms in total. The van der Waals surface area contributed by atoms with Crippen LogP contribution >= 0.6 is 0 Å².